The third-order valence-corrected chi connectivity index (χ3v) is 4.80. The van der Waals surface area contributed by atoms with Crippen molar-refractivity contribution in [3.8, 4) is 11.5 Å². The van der Waals surface area contributed by atoms with Crippen LogP contribution in [0.5, 0.6) is 11.5 Å². The first-order chi connectivity index (χ1) is 14.0. The van der Waals surface area contributed by atoms with Gasteiger partial charge in [0.2, 0.25) is 17.7 Å². The van der Waals surface area contributed by atoms with Crippen LogP contribution in [0.25, 0.3) is 0 Å². The van der Waals surface area contributed by atoms with Gasteiger partial charge in [-0.2, -0.15) is 0 Å². The SMILES string of the molecule is CC(=O)Nc1ccc(N2CC(C(=O)Nc3ccc4c(c3)OCCO4)CC2=O)cc1. The zero-order chi connectivity index (χ0) is 20.4. The Kier molecular flexibility index (Phi) is 5.07. The normalized spacial score (nSPS) is 17.8. The fraction of sp³-hybridized carbons (Fsp3) is 0.286. The first-order valence-corrected chi connectivity index (χ1v) is 9.38. The van der Waals surface area contributed by atoms with Gasteiger partial charge in [0, 0.05) is 43.0 Å². The van der Waals surface area contributed by atoms with Crippen LogP contribution in [0.2, 0.25) is 0 Å². The zero-order valence-corrected chi connectivity index (χ0v) is 15.9. The van der Waals surface area contributed by atoms with Crippen molar-refractivity contribution in [1.82, 2.24) is 0 Å². The van der Waals surface area contributed by atoms with Gasteiger partial charge in [0.1, 0.15) is 13.2 Å². The number of nitrogens with zero attached hydrogens (tertiary/aromatic N) is 1. The molecule has 8 nitrogen and oxygen atoms in total. The van der Waals surface area contributed by atoms with Gasteiger partial charge in [0.05, 0.1) is 5.92 Å². The van der Waals surface area contributed by atoms with Gasteiger partial charge in [-0.1, -0.05) is 0 Å². The number of fused-ring (bicyclic) bond motifs is 1. The Bertz CT molecular complexity index is 957. The van der Waals surface area contributed by atoms with Crippen LogP contribution >= 0.6 is 0 Å². The van der Waals surface area contributed by atoms with Crippen LogP contribution in [0.1, 0.15) is 13.3 Å². The van der Waals surface area contributed by atoms with Crippen molar-refractivity contribution in [3.05, 3.63) is 42.5 Å². The predicted molar refractivity (Wildman–Crippen MR) is 107 cm³/mol. The molecule has 0 saturated carbocycles. The maximum atomic E-state index is 12.7. The lowest BCUT2D eigenvalue weighted by atomic mass is 10.1. The summed E-state index contributed by atoms with van der Waals surface area (Å²) < 4.78 is 11.0. The molecule has 2 aliphatic rings. The molecule has 0 radical (unpaired) electrons. The maximum absolute atomic E-state index is 12.7. The summed E-state index contributed by atoms with van der Waals surface area (Å²) in [4.78, 5) is 37.8. The number of rotatable bonds is 4. The van der Waals surface area contributed by atoms with Crippen LogP contribution in [0.4, 0.5) is 17.1 Å². The molecule has 1 saturated heterocycles. The van der Waals surface area contributed by atoms with Gasteiger partial charge in [0.25, 0.3) is 0 Å². The number of benzene rings is 2. The largest absolute Gasteiger partial charge is 0.486 e. The van der Waals surface area contributed by atoms with Crippen molar-refractivity contribution >= 4 is 34.8 Å². The molecule has 2 N–H and O–H groups in total. The molecular formula is C21H21N3O5. The quantitative estimate of drug-likeness (QED) is 0.829. The summed E-state index contributed by atoms with van der Waals surface area (Å²) in [6.07, 6.45) is 0.143. The van der Waals surface area contributed by atoms with E-state index in [-0.39, 0.29) is 24.1 Å². The van der Waals surface area contributed by atoms with Crippen molar-refractivity contribution in [2.75, 3.05) is 35.3 Å². The molecule has 8 heteroatoms. The number of amides is 3. The number of nitrogens with one attached hydrogen (secondary N) is 2. The van der Waals surface area contributed by atoms with Crippen LogP contribution in [0.15, 0.2) is 42.5 Å². The van der Waals surface area contributed by atoms with Crippen molar-refractivity contribution in [1.29, 1.82) is 0 Å². The van der Waals surface area contributed by atoms with Crippen molar-refractivity contribution in [3.63, 3.8) is 0 Å². The van der Waals surface area contributed by atoms with E-state index in [4.69, 9.17) is 9.47 Å². The van der Waals surface area contributed by atoms with Crippen molar-refractivity contribution in [2.45, 2.75) is 13.3 Å². The van der Waals surface area contributed by atoms with E-state index in [1.54, 1.807) is 47.4 Å². The minimum Gasteiger partial charge on any atom is -0.486 e. The Balaban J connectivity index is 1.41. The van der Waals surface area contributed by atoms with Crippen molar-refractivity contribution in [2.24, 2.45) is 5.92 Å². The van der Waals surface area contributed by atoms with E-state index in [0.29, 0.717) is 48.3 Å². The van der Waals surface area contributed by atoms with Gasteiger partial charge >= 0.3 is 0 Å². The number of anilines is 3. The minimum absolute atomic E-state index is 0.111. The molecule has 1 atom stereocenters. The number of ether oxygens (including phenoxy) is 2. The molecule has 0 aliphatic carbocycles. The second-order valence-electron chi connectivity index (χ2n) is 6.98. The topological polar surface area (TPSA) is 97.0 Å². The zero-order valence-electron chi connectivity index (χ0n) is 15.9. The van der Waals surface area contributed by atoms with E-state index in [0.717, 1.165) is 0 Å². The van der Waals surface area contributed by atoms with Crippen LogP contribution in [-0.4, -0.2) is 37.5 Å². The number of hydrogen-bond donors (Lipinski definition) is 2. The van der Waals surface area contributed by atoms with E-state index < -0.39 is 5.92 Å². The molecular weight excluding hydrogens is 374 g/mol. The van der Waals surface area contributed by atoms with Crippen LogP contribution in [0.3, 0.4) is 0 Å². The fourth-order valence-corrected chi connectivity index (χ4v) is 3.43. The highest BCUT2D eigenvalue weighted by Crippen LogP contribution is 2.33. The first kappa shape index (κ1) is 18.8. The Hall–Kier alpha value is -3.55. The Morgan fingerprint density at radius 2 is 1.66 bits per heavy atom. The highest BCUT2D eigenvalue weighted by Gasteiger charge is 2.35. The van der Waals surface area contributed by atoms with E-state index in [2.05, 4.69) is 10.6 Å². The maximum Gasteiger partial charge on any atom is 0.229 e. The Morgan fingerprint density at radius 3 is 2.38 bits per heavy atom. The van der Waals surface area contributed by atoms with Gasteiger partial charge in [-0.05, 0) is 36.4 Å². The van der Waals surface area contributed by atoms with Crippen molar-refractivity contribution < 1.29 is 23.9 Å². The third kappa shape index (κ3) is 4.16. The molecule has 1 fully saturated rings. The molecule has 4 rings (SSSR count). The van der Waals surface area contributed by atoms with Crippen LogP contribution in [0, 0.1) is 5.92 Å². The molecule has 0 aromatic heterocycles. The predicted octanol–water partition coefficient (Wildman–Crippen LogP) is 2.41. The van der Waals surface area contributed by atoms with E-state index >= 15 is 0 Å². The Labute approximate surface area is 167 Å². The minimum atomic E-state index is -0.453. The first-order valence-electron chi connectivity index (χ1n) is 9.38. The summed E-state index contributed by atoms with van der Waals surface area (Å²) in [6, 6.07) is 12.2. The number of hydrogen-bond acceptors (Lipinski definition) is 5. The summed E-state index contributed by atoms with van der Waals surface area (Å²) in [5.74, 6) is 0.306. The molecule has 150 valence electrons. The molecule has 29 heavy (non-hydrogen) atoms. The van der Waals surface area contributed by atoms with Gasteiger partial charge in [-0.15, -0.1) is 0 Å². The Morgan fingerprint density at radius 1 is 0.966 bits per heavy atom. The molecule has 1 unspecified atom stereocenters. The molecule has 2 heterocycles. The van der Waals surface area contributed by atoms with Gasteiger partial charge in [-0.25, -0.2) is 0 Å². The van der Waals surface area contributed by atoms with Gasteiger partial charge in [-0.3, -0.25) is 14.4 Å². The lowest BCUT2D eigenvalue weighted by molar-refractivity contribution is -0.122. The van der Waals surface area contributed by atoms with E-state index in [1.165, 1.54) is 6.92 Å². The second-order valence-corrected chi connectivity index (χ2v) is 6.98. The molecule has 2 aromatic rings. The lowest BCUT2D eigenvalue weighted by Crippen LogP contribution is -2.28. The highest BCUT2D eigenvalue weighted by atomic mass is 16.6. The van der Waals surface area contributed by atoms with Crippen LogP contribution in [-0.2, 0) is 14.4 Å². The standard InChI is InChI=1S/C21H21N3O5/c1-13(25)22-15-2-5-17(6-3-15)24-12-14(10-20(24)26)21(27)23-16-4-7-18-19(11-16)29-9-8-28-18/h2-7,11,14H,8-10,12H2,1H3,(H,22,25)(H,23,27). The summed E-state index contributed by atoms with van der Waals surface area (Å²) in [6.45, 7) is 2.71. The molecule has 0 spiro atoms. The van der Waals surface area contributed by atoms with Gasteiger partial charge in [0.15, 0.2) is 11.5 Å². The molecule has 2 aromatic carbocycles. The van der Waals surface area contributed by atoms with E-state index in [9.17, 15) is 14.4 Å². The summed E-state index contributed by atoms with van der Waals surface area (Å²) in [5, 5.41) is 5.54. The van der Waals surface area contributed by atoms with E-state index in [1.807, 2.05) is 0 Å². The third-order valence-electron chi connectivity index (χ3n) is 4.80. The number of carbonyl (C=O) groups is 3. The smallest absolute Gasteiger partial charge is 0.229 e. The molecule has 0 bridgehead atoms. The monoisotopic (exact) mass is 395 g/mol. The van der Waals surface area contributed by atoms with Gasteiger partial charge < -0.3 is 25.0 Å². The summed E-state index contributed by atoms with van der Waals surface area (Å²) in [5.41, 5.74) is 1.95. The second kappa shape index (κ2) is 7.83. The fourth-order valence-electron chi connectivity index (χ4n) is 3.43. The molecule has 3 amide bonds. The highest BCUT2D eigenvalue weighted by molar-refractivity contribution is 6.03. The molecule has 2 aliphatic heterocycles. The summed E-state index contributed by atoms with van der Waals surface area (Å²) >= 11 is 0. The average Bonchev–Trinajstić information content (AvgIpc) is 3.10. The van der Waals surface area contributed by atoms with Crippen LogP contribution < -0.4 is 25.0 Å². The number of carbonyl (C=O) groups excluding carboxylic acids is 3. The lowest BCUT2D eigenvalue weighted by Gasteiger charge is -2.19. The summed E-state index contributed by atoms with van der Waals surface area (Å²) in [7, 11) is 0. The average molecular weight is 395 g/mol.